The van der Waals surface area contributed by atoms with Crippen LogP contribution in [0.3, 0.4) is 0 Å². The molecule has 220 valence electrons. The molecule has 0 amide bonds. The van der Waals surface area contributed by atoms with E-state index in [-0.39, 0.29) is 0 Å². The molecule has 0 unspecified atom stereocenters. The van der Waals surface area contributed by atoms with Crippen LogP contribution in [0.5, 0.6) is 0 Å². The van der Waals surface area contributed by atoms with Crippen LogP contribution in [0.15, 0.2) is 168 Å². The molecule has 47 heavy (non-hydrogen) atoms. The monoisotopic (exact) mass is 617 g/mol. The van der Waals surface area contributed by atoms with Gasteiger partial charge in [-0.2, -0.15) is 0 Å². The van der Waals surface area contributed by atoms with Crippen LogP contribution in [0, 0.1) is 0 Å². The van der Waals surface area contributed by atoms with Crippen molar-refractivity contribution in [2.75, 3.05) is 4.90 Å². The van der Waals surface area contributed by atoms with E-state index in [9.17, 15) is 0 Å². The molecule has 0 aliphatic rings. The maximum Gasteiger partial charge on any atom is 0.145 e. The molecule has 2 nitrogen and oxygen atoms in total. The molecule has 0 fully saturated rings. The van der Waals surface area contributed by atoms with Crippen molar-refractivity contribution in [3.05, 3.63) is 164 Å². The fourth-order valence-corrected chi connectivity index (χ4v) is 8.35. The van der Waals surface area contributed by atoms with Crippen LogP contribution >= 0.6 is 11.3 Å². The second-order valence-corrected chi connectivity index (χ2v) is 13.2. The molecule has 0 radical (unpaired) electrons. The molecule has 0 spiro atoms. The highest BCUT2D eigenvalue weighted by Gasteiger charge is 2.23. The lowest BCUT2D eigenvalue weighted by molar-refractivity contribution is 0.670. The van der Waals surface area contributed by atoms with Crippen molar-refractivity contribution in [3.8, 4) is 11.1 Å². The van der Waals surface area contributed by atoms with E-state index in [1.165, 1.54) is 41.7 Å². The average Bonchev–Trinajstić information content (AvgIpc) is 3.71. The third-order valence-corrected chi connectivity index (χ3v) is 10.6. The Bertz CT molecular complexity index is 2810. The summed E-state index contributed by atoms with van der Waals surface area (Å²) >= 11 is 1.85. The van der Waals surface area contributed by atoms with E-state index >= 15 is 0 Å². The first kappa shape index (κ1) is 26.3. The average molecular weight is 618 g/mol. The van der Waals surface area contributed by atoms with Gasteiger partial charge in [0.05, 0.1) is 11.1 Å². The Morgan fingerprint density at radius 3 is 2.04 bits per heavy atom. The topological polar surface area (TPSA) is 16.4 Å². The van der Waals surface area contributed by atoms with E-state index in [0.717, 1.165) is 50.1 Å². The molecule has 10 rings (SSSR count). The van der Waals surface area contributed by atoms with Gasteiger partial charge in [0.2, 0.25) is 0 Å². The fourth-order valence-electron chi connectivity index (χ4n) is 7.26. The molecular weight excluding hydrogens is 591 g/mol. The van der Waals surface area contributed by atoms with Gasteiger partial charge in [0.25, 0.3) is 0 Å². The first-order valence-electron chi connectivity index (χ1n) is 15.9. The minimum absolute atomic E-state index is 0.886. The van der Waals surface area contributed by atoms with Crippen molar-refractivity contribution in [3.63, 3.8) is 0 Å². The van der Waals surface area contributed by atoms with Crippen molar-refractivity contribution in [2.24, 2.45) is 0 Å². The Kier molecular flexibility index (Phi) is 5.78. The summed E-state index contributed by atoms with van der Waals surface area (Å²) < 4.78 is 9.30. The standard InChI is InChI=1S/C44H27NOS/c1-2-10-28(11-3-1)35-23-24-39(43-37-15-6-8-16-40(37)46-44(35)43)45(32-21-25-42-38(27-32)36-14-7-9-17-41(36)47-42)31-20-22-34-30(26-31)19-18-29-12-4-5-13-33(29)34/h1-27H. The second-order valence-electron chi connectivity index (χ2n) is 12.1. The number of thiophene rings is 1. The van der Waals surface area contributed by atoms with Gasteiger partial charge in [-0.25, -0.2) is 0 Å². The molecule has 0 atom stereocenters. The number of para-hydroxylation sites is 1. The highest BCUT2D eigenvalue weighted by molar-refractivity contribution is 7.25. The molecule has 0 aliphatic carbocycles. The van der Waals surface area contributed by atoms with Gasteiger partial charge in [-0.15, -0.1) is 11.3 Å². The quantitative estimate of drug-likeness (QED) is 0.183. The zero-order valence-corrected chi connectivity index (χ0v) is 26.2. The zero-order valence-electron chi connectivity index (χ0n) is 25.4. The molecule has 2 aromatic heterocycles. The van der Waals surface area contributed by atoms with Crippen LogP contribution < -0.4 is 4.90 Å². The molecule has 8 aromatic carbocycles. The molecule has 0 saturated carbocycles. The summed E-state index contributed by atoms with van der Waals surface area (Å²) in [5.41, 5.74) is 7.31. The maximum absolute atomic E-state index is 6.71. The second kappa shape index (κ2) is 10.3. The Balaban J connectivity index is 1.29. The van der Waals surface area contributed by atoms with Gasteiger partial charge in [-0.05, 0) is 81.7 Å². The number of furan rings is 1. The van der Waals surface area contributed by atoms with Gasteiger partial charge in [0, 0.05) is 42.5 Å². The van der Waals surface area contributed by atoms with Crippen molar-refractivity contribution >= 4 is 92.1 Å². The summed E-state index contributed by atoms with van der Waals surface area (Å²) in [6.07, 6.45) is 0. The molecule has 2 heterocycles. The van der Waals surface area contributed by atoms with Gasteiger partial charge < -0.3 is 9.32 Å². The summed E-state index contributed by atoms with van der Waals surface area (Å²) in [5, 5.41) is 9.76. The number of benzene rings is 8. The smallest absolute Gasteiger partial charge is 0.145 e. The summed E-state index contributed by atoms with van der Waals surface area (Å²) in [7, 11) is 0. The lowest BCUT2D eigenvalue weighted by atomic mass is 9.98. The van der Waals surface area contributed by atoms with E-state index in [4.69, 9.17) is 4.42 Å². The van der Waals surface area contributed by atoms with Gasteiger partial charge >= 0.3 is 0 Å². The third-order valence-electron chi connectivity index (χ3n) is 9.44. The highest BCUT2D eigenvalue weighted by Crippen LogP contribution is 2.47. The van der Waals surface area contributed by atoms with E-state index in [0.29, 0.717) is 0 Å². The lowest BCUT2D eigenvalue weighted by Gasteiger charge is -2.27. The molecule has 10 aromatic rings. The summed E-state index contributed by atoms with van der Waals surface area (Å²) in [5.74, 6) is 0. The number of rotatable bonds is 4. The summed E-state index contributed by atoms with van der Waals surface area (Å²) in [4.78, 5) is 2.42. The minimum atomic E-state index is 0.886. The van der Waals surface area contributed by atoms with Gasteiger partial charge in [0.1, 0.15) is 11.2 Å². The Hall–Kier alpha value is -5.90. The van der Waals surface area contributed by atoms with E-state index < -0.39 is 0 Å². The Labute approximate surface area is 275 Å². The van der Waals surface area contributed by atoms with E-state index in [1.54, 1.807) is 0 Å². The normalized spacial score (nSPS) is 11.8. The molecular formula is C44H27NOS. The van der Waals surface area contributed by atoms with Crippen molar-refractivity contribution in [2.45, 2.75) is 0 Å². The molecule has 0 bridgehead atoms. The SMILES string of the molecule is c1ccc(-c2ccc(N(c3ccc4c(ccc5ccccc54)c3)c3ccc4sc5ccccc5c4c3)c3c2oc2ccccc23)cc1. The third kappa shape index (κ3) is 4.10. The minimum Gasteiger partial charge on any atom is -0.455 e. The maximum atomic E-state index is 6.71. The van der Waals surface area contributed by atoms with Crippen molar-refractivity contribution in [1.82, 2.24) is 0 Å². The number of anilines is 3. The van der Waals surface area contributed by atoms with Gasteiger partial charge in [-0.1, -0.05) is 109 Å². The summed E-state index contributed by atoms with van der Waals surface area (Å²) in [6, 6.07) is 59.0. The Morgan fingerprint density at radius 2 is 1.13 bits per heavy atom. The van der Waals surface area contributed by atoms with Gasteiger partial charge in [0.15, 0.2) is 0 Å². The number of hydrogen-bond acceptors (Lipinski definition) is 3. The first-order valence-corrected chi connectivity index (χ1v) is 16.7. The zero-order chi connectivity index (χ0) is 30.9. The number of fused-ring (bicyclic) bond motifs is 9. The van der Waals surface area contributed by atoms with Crippen LogP contribution in [0.25, 0.3) is 74.8 Å². The van der Waals surface area contributed by atoms with Gasteiger partial charge in [-0.3, -0.25) is 0 Å². The fraction of sp³-hybridized carbons (Fsp3) is 0. The van der Waals surface area contributed by atoms with Crippen LogP contribution in [-0.2, 0) is 0 Å². The first-order chi connectivity index (χ1) is 23.3. The largest absolute Gasteiger partial charge is 0.455 e. The molecule has 3 heteroatoms. The van der Waals surface area contributed by atoms with E-state index in [2.05, 4.69) is 163 Å². The van der Waals surface area contributed by atoms with Crippen LogP contribution in [-0.4, -0.2) is 0 Å². The number of hydrogen-bond donors (Lipinski definition) is 0. The highest BCUT2D eigenvalue weighted by atomic mass is 32.1. The molecule has 0 saturated heterocycles. The Morgan fingerprint density at radius 1 is 0.447 bits per heavy atom. The van der Waals surface area contributed by atoms with Crippen LogP contribution in [0.1, 0.15) is 0 Å². The molecule has 0 N–H and O–H groups in total. The lowest BCUT2D eigenvalue weighted by Crippen LogP contribution is -2.10. The summed E-state index contributed by atoms with van der Waals surface area (Å²) in [6.45, 7) is 0. The van der Waals surface area contributed by atoms with Crippen LogP contribution in [0.2, 0.25) is 0 Å². The number of nitrogens with zero attached hydrogens (tertiary/aromatic N) is 1. The van der Waals surface area contributed by atoms with Crippen LogP contribution in [0.4, 0.5) is 17.1 Å². The predicted octanol–water partition coefficient (Wildman–Crippen LogP) is 13.4. The van der Waals surface area contributed by atoms with Crippen molar-refractivity contribution < 1.29 is 4.42 Å². The molecule has 0 aliphatic heterocycles. The van der Waals surface area contributed by atoms with E-state index in [1.807, 2.05) is 17.4 Å². The van der Waals surface area contributed by atoms with Crippen molar-refractivity contribution in [1.29, 1.82) is 0 Å². The predicted molar refractivity (Wildman–Crippen MR) is 202 cm³/mol.